The molecule has 1 aromatic rings. The monoisotopic (exact) mass is 275 g/mol. The number of hydrogen-bond acceptors (Lipinski definition) is 3. The maximum atomic E-state index is 10.6. The standard InChI is InChI=1S/C15H21NO2Si/c1-15(2,3)19(4,5)18-11-7-10-13-8-6-9-14(12-17)16-13/h6,8-9,12H,11H2,1-5H3. The maximum absolute atomic E-state index is 10.6. The Labute approximate surface area is 116 Å². The highest BCUT2D eigenvalue weighted by molar-refractivity contribution is 6.74. The number of pyridine rings is 1. The predicted octanol–water partition coefficient (Wildman–Crippen LogP) is 3.27. The molecule has 19 heavy (non-hydrogen) atoms. The zero-order valence-electron chi connectivity index (χ0n) is 12.3. The number of carbonyl (C=O) groups excluding carboxylic acids is 1. The van der Waals surface area contributed by atoms with Crippen LogP contribution >= 0.6 is 0 Å². The molecule has 0 aliphatic carbocycles. The second-order valence-corrected chi connectivity index (χ2v) is 10.7. The van der Waals surface area contributed by atoms with E-state index in [2.05, 4.69) is 50.7 Å². The summed E-state index contributed by atoms with van der Waals surface area (Å²) in [5.41, 5.74) is 1.00. The maximum Gasteiger partial charge on any atom is 0.193 e. The second-order valence-electron chi connectivity index (χ2n) is 5.92. The van der Waals surface area contributed by atoms with Crippen molar-refractivity contribution in [2.45, 2.75) is 38.9 Å². The molecule has 4 heteroatoms. The number of aromatic nitrogens is 1. The lowest BCUT2D eigenvalue weighted by molar-refractivity contribution is 0.111. The SMILES string of the molecule is CC(C)(C)[Si](C)(C)OCC#Cc1cccc(C=O)n1. The molecule has 1 heterocycles. The van der Waals surface area contributed by atoms with Crippen LogP contribution in [0.15, 0.2) is 18.2 Å². The molecule has 0 bridgehead atoms. The lowest BCUT2D eigenvalue weighted by atomic mass is 10.2. The molecule has 0 amide bonds. The van der Waals surface area contributed by atoms with Gasteiger partial charge in [0, 0.05) is 0 Å². The Kier molecular flexibility index (Phi) is 5.04. The summed E-state index contributed by atoms with van der Waals surface area (Å²) < 4.78 is 5.94. The highest BCUT2D eigenvalue weighted by Gasteiger charge is 2.36. The Morgan fingerprint density at radius 1 is 1.37 bits per heavy atom. The van der Waals surface area contributed by atoms with E-state index in [0.29, 0.717) is 18.0 Å². The van der Waals surface area contributed by atoms with Gasteiger partial charge in [-0.2, -0.15) is 0 Å². The molecule has 0 aliphatic rings. The normalized spacial score (nSPS) is 11.6. The predicted molar refractivity (Wildman–Crippen MR) is 79.7 cm³/mol. The van der Waals surface area contributed by atoms with Crippen molar-refractivity contribution in [2.75, 3.05) is 6.61 Å². The first-order valence-corrected chi connectivity index (χ1v) is 9.22. The molecule has 0 saturated heterocycles. The molecule has 0 N–H and O–H groups in total. The van der Waals surface area contributed by atoms with E-state index in [1.165, 1.54) is 0 Å². The van der Waals surface area contributed by atoms with Crippen molar-refractivity contribution in [2.24, 2.45) is 0 Å². The van der Waals surface area contributed by atoms with Gasteiger partial charge in [-0.3, -0.25) is 4.79 Å². The van der Waals surface area contributed by atoms with Crippen molar-refractivity contribution in [3.8, 4) is 11.8 Å². The van der Waals surface area contributed by atoms with Gasteiger partial charge in [0.1, 0.15) is 11.4 Å². The van der Waals surface area contributed by atoms with E-state index in [0.717, 1.165) is 6.29 Å². The van der Waals surface area contributed by atoms with Crippen LogP contribution in [0.2, 0.25) is 18.1 Å². The fraction of sp³-hybridized carbons (Fsp3) is 0.467. The molecule has 102 valence electrons. The van der Waals surface area contributed by atoms with Gasteiger partial charge in [-0.05, 0) is 36.2 Å². The smallest absolute Gasteiger partial charge is 0.193 e. The van der Waals surface area contributed by atoms with Gasteiger partial charge in [0.25, 0.3) is 0 Å². The number of hydrogen-bond donors (Lipinski definition) is 0. The van der Waals surface area contributed by atoms with Crippen LogP contribution in [0.25, 0.3) is 0 Å². The first-order valence-electron chi connectivity index (χ1n) is 6.31. The second kappa shape index (κ2) is 6.13. The summed E-state index contributed by atoms with van der Waals surface area (Å²) in [6.07, 6.45) is 0.720. The van der Waals surface area contributed by atoms with E-state index in [4.69, 9.17) is 4.43 Å². The Morgan fingerprint density at radius 3 is 2.63 bits per heavy atom. The third kappa shape index (κ3) is 4.62. The van der Waals surface area contributed by atoms with E-state index in [1.54, 1.807) is 18.2 Å². The summed E-state index contributed by atoms with van der Waals surface area (Å²) in [5, 5.41) is 0.185. The van der Waals surface area contributed by atoms with Crippen LogP contribution < -0.4 is 0 Å². The van der Waals surface area contributed by atoms with Crippen LogP contribution in [0.3, 0.4) is 0 Å². The molecule has 0 unspecified atom stereocenters. The van der Waals surface area contributed by atoms with Gasteiger partial charge in [-0.15, -0.1) is 0 Å². The molecule has 0 aromatic carbocycles. The highest BCUT2D eigenvalue weighted by Crippen LogP contribution is 2.36. The first-order chi connectivity index (χ1) is 8.76. The molecule has 0 aliphatic heterocycles. The van der Waals surface area contributed by atoms with E-state index in [9.17, 15) is 4.79 Å². The molecule has 0 atom stereocenters. The van der Waals surface area contributed by atoms with Crippen molar-refractivity contribution >= 4 is 14.6 Å². The molecular weight excluding hydrogens is 254 g/mol. The van der Waals surface area contributed by atoms with Crippen molar-refractivity contribution < 1.29 is 9.22 Å². The largest absolute Gasteiger partial charge is 0.406 e. The average molecular weight is 275 g/mol. The van der Waals surface area contributed by atoms with Crippen molar-refractivity contribution in [1.82, 2.24) is 4.98 Å². The van der Waals surface area contributed by atoms with Gasteiger partial charge in [-0.25, -0.2) is 4.98 Å². The van der Waals surface area contributed by atoms with Crippen molar-refractivity contribution in [3.63, 3.8) is 0 Å². The minimum atomic E-state index is -1.74. The fourth-order valence-electron chi connectivity index (χ4n) is 1.15. The molecule has 1 rings (SSSR count). The van der Waals surface area contributed by atoms with Crippen molar-refractivity contribution in [1.29, 1.82) is 0 Å². The van der Waals surface area contributed by atoms with Crippen LogP contribution in [-0.4, -0.2) is 26.2 Å². The van der Waals surface area contributed by atoms with E-state index >= 15 is 0 Å². The summed E-state index contributed by atoms with van der Waals surface area (Å²) in [6, 6.07) is 5.21. The highest BCUT2D eigenvalue weighted by atomic mass is 28.4. The van der Waals surface area contributed by atoms with Crippen LogP contribution in [0.1, 0.15) is 37.0 Å². The number of rotatable bonds is 3. The van der Waals surface area contributed by atoms with Gasteiger partial charge in [0.15, 0.2) is 14.6 Å². The van der Waals surface area contributed by atoms with Gasteiger partial charge < -0.3 is 4.43 Å². The Morgan fingerprint density at radius 2 is 2.05 bits per heavy atom. The minimum Gasteiger partial charge on any atom is -0.406 e. The molecule has 3 nitrogen and oxygen atoms in total. The van der Waals surface area contributed by atoms with E-state index in [1.807, 2.05) is 0 Å². The van der Waals surface area contributed by atoms with Gasteiger partial charge >= 0.3 is 0 Å². The van der Waals surface area contributed by atoms with Gasteiger partial charge in [0.05, 0.1) is 6.61 Å². The van der Waals surface area contributed by atoms with E-state index in [-0.39, 0.29) is 5.04 Å². The molecular formula is C15H21NO2Si. The Bertz CT molecular complexity index is 507. The van der Waals surface area contributed by atoms with Crippen LogP contribution in [0, 0.1) is 11.8 Å². The zero-order chi connectivity index (χ0) is 14.5. The van der Waals surface area contributed by atoms with Crippen LogP contribution in [0.5, 0.6) is 0 Å². The summed E-state index contributed by atoms with van der Waals surface area (Å²) >= 11 is 0. The Balaban J connectivity index is 2.63. The first kappa shape index (κ1) is 15.6. The third-order valence-corrected chi connectivity index (χ3v) is 7.90. The van der Waals surface area contributed by atoms with Gasteiger partial charge in [0.2, 0.25) is 0 Å². The third-order valence-electron chi connectivity index (χ3n) is 3.42. The summed E-state index contributed by atoms with van der Waals surface area (Å²) in [6.45, 7) is 11.4. The van der Waals surface area contributed by atoms with Crippen LogP contribution in [-0.2, 0) is 4.43 Å². The summed E-state index contributed by atoms with van der Waals surface area (Å²) in [7, 11) is -1.74. The molecule has 0 spiro atoms. The summed E-state index contributed by atoms with van der Waals surface area (Å²) in [4.78, 5) is 14.7. The number of aldehydes is 1. The minimum absolute atomic E-state index is 0.185. The number of nitrogens with zero attached hydrogens (tertiary/aromatic N) is 1. The van der Waals surface area contributed by atoms with E-state index < -0.39 is 8.32 Å². The quantitative estimate of drug-likeness (QED) is 0.483. The zero-order valence-corrected chi connectivity index (χ0v) is 13.3. The summed E-state index contributed by atoms with van der Waals surface area (Å²) in [5.74, 6) is 5.89. The molecule has 0 fully saturated rings. The van der Waals surface area contributed by atoms with Crippen LogP contribution in [0.4, 0.5) is 0 Å². The molecule has 0 saturated carbocycles. The fourth-order valence-corrected chi connectivity index (χ4v) is 2.01. The topological polar surface area (TPSA) is 39.2 Å². The lowest BCUT2D eigenvalue weighted by Gasteiger charge is -2.35. The average Bonchev–Trinajstić information content (AvgIpc) is 2.33. The number of carbonyl (C=O) groups is 1. The lowest BCUT2D eigenvalue weighted by Crippen LogP contribution is -2.40. The molecule has 0 radical (unpaired) electrons. The van der Waals surface area contributed by atoms with Crippen molar-refractivity contribution in [3.05, 3.63) is 29.6 Å². The Hall–Kier alpha value is -1.44. The van der Waals surface area contributed by atoms with Gasteiger partial charge in [-0.1, -0.05) is 32.8 Å². The molecule has 1 aromatic heterocycles.